The summed E-state index contributed by atoms with van der Waals surface area (Å²) in [6.45, 7) is 4.91. The minimum atomic E-state index is 0.294. The highest BCUT2D eigenvalue weighted by molar-refractivity contribution is 9.11. The van der Waals surface area contributed by atoms with Crippen LogP contribution in [-0.2, 0) is 6.54 Å². The van der Waals surface area contributed by atoms with Crippen LogP contribution in [0.2, 0.25) is 0 Å². The molecule has 0 aliphatic heterocycles. The molecule has 2 nitrogen and oxygen atoms in total. The molecule has 0 amide bonds. The molecular formula is C10H15BrN2S. The van der Waals surface area contributed by atoms with Gasteiger partial charge in [0.2, 0.25) is 0 Å². The fourth-order valence-corrected chi connectivity index (χ4v) is 2.43. The third-order valence-electron chi connectivity index (χ3n) is 2.00. The molecule has 0 atom stereocenters. The number of amidine groups is 1. The molecule has 0 aromatic carbocycles. The average Bonchev–Trinajstić information content (AvgIpc) is 2.49. The van der Waals surface area contributed by atoms with Crippen molar-refractivity contribution in [1.82, 2.24) is 4.90 Å². The minimum Gasteiger partial charge on any atom is -0.359 e. The van der Waals surface area contributed by atoms with Gasteiger partial charge < -0.3 is 4.90 Å². The highest BCUT2D eigenvalue weighted by Gasteiger charge is 2.09. The van der Waals surface area contributed by atoms with Crippen molar-refractivity contribution in [3.05, 3.63) is 20.8 Å². The molecule has 1 heterocycles. The monoisotopic (exact) mass is 274 g/mol. The molecule has 0 aliphatic rings. The summed E-state index contributed by atoms with van der Waals surface area (Å²) >= 11 is 5.12. The highest BCUT2D eigenvalue weighted by Crippen LogP contribution is 2.21. The Morgan fingerprint density at radius 3 is 2.71 bits per heavy atom. The van der Waals surface area contributed by atoms with Crippen molar-refractivity contribution in [2.45, 2.75) is 20.4 Å². The van der Waals surface area contributed by atoms with Gasteiger partial charge in [-0.1, -0.05) is 13.8 Å². The summed E-state index contributed by atoms with van der Waals surface area (Å²) in [5.41, 5.74) is 1.26. The van der Waals surface area contributed by atoms with Crippen molar-refractivity contribution in [3.63, 3.8) is 0 Å². The first-order valence-electron chi connectivity index (χ1n) is 4.53. The van der Waals surface area contributed by atoms with Crippen LogP contribution < -0.4 is 0 Å². The fraction of sp³-hybridized carbons (Fsp3) is 0.500. The normalized spacial score (nSPS) is 10.6. The second-order valence-corrected chi connectivity index (χ2v) is 5.95. The molecule has 4 heteroatoms. The van der Waals surface area contributed by atoms with Crippen molar-refractivity contribution in [3.8, 4) is 0 Å². The number of halogens is 1. The topological polar surface area (TPSA) is 27.1 Å². The van der Waals surface area contributed by atoms with E-state index in [1.165, 1.54) is 5.56 Å². The van der Waals surface area contributed by atoms with Crippen LogP contribution >= 0.6 is 27.3 Å². The molecule has 0 saturated heterocycles. The molecule has 0 spiro atoms. The summed E-state index contributed by atoms with van der Waals surface area (Å²) < 4.78 is 1.15. The van der Waals surface area contributed by atoms with Gasteiger partial charge in [-0.15, -0.1) is 11.3 Å². The standard InChI is InChI=1S/C10H15BrN2S/c1-7(2)10(12)13(3)5-8-4-9(11)14-6-8/h4,6-7,12H,5H2,1-3H3. The maximum atomic E-state index is 7.82. The van der Waals surface area contributed by atoms with Crippen LogP contribution in [0.5, 0.6) is 0 Å². The second-order valence-electron chi connectivity index (χ2n) is 3.66. The van der Waals surface area contributed by atoms with Gasteiger partial charge in [-0.25, -0.2) is 0 Å². The summed E-state index contributed by atoms with van der Waals surface area (Å²) in [7, 11) is 1.97. The molecule has 0 bridgehead atoms. The van der Waals surface area contributed by atoms with E-state index in [-0.39, 0.29) is 0 Å². The molecule has 14 heavy (non-hydrogen) atoms. The molecule has 0 fully saturated rings. The zero-order valence-corrected chi connectivity index (χ0v) is 11.1. The number of hydrogen-bond acceptors (Lipinski definition) is 2. The van der Waals surface area contributed by atoms with E-state index < -0.39 is 0 Å². The summed E-state index contributed by atoms with van der Waals surface area (Å²) in [6, 6.07) is 2.11. The largest absolute Gasteiger partial charge is 0.359 e. The van der Waals surface area contributed by atoms with Gasteiger partial charge in [-0.3, -0.25) is 5.41 Å². The predicted octanol–water partition coefficient (Wildman–Crippen LogP) is 3.58. The Morgan fingerprint density at radius 1 is 1.64 bits per heavy atom. The van der Waals surface area contributed by atoms with E-state index in [1.54, 1.807) is 11.3 Å². The Labute approximate surface area is 97.6 Å². The van der Waals surface area contributed by atoms with Gasteiger partial charge in [0.05, 0.1) is 9.62 Å². The van der Waals surface area contributed by atoms with E-state index in [4.69, 9.17) is 5.41 Å². The summed E-state index contributed by atoms with van der Waals surface area (Å²) in [5, 5.41) is 9.94. The van der Waals surface area contributed by atoms with Gasteiger partial charge in [-0.05, 0) is 32.9 Å². The number of hydrogen-bond donors (Lipinski definition) is 1. The Bertz CT molecular complexity index is 320. The molecule has 0 aliphatic carbocycles. The Morgan fingerprint density at radius 2 is 2.29 bits per heavy atom. The molecule has 1 rings (SSSR count). The van der Waals surface area contributed by atoms with Gasteiger partial charge >= 0.3 is 0 Å². The van der Waals surface area contributed by atoms with Gasteiger partial charge in [0, 0.05) is 19.5 Å². The van der Waals surface area contributed by atoms with E-state index in [0.29, 0.717) is 11.8 Å². The zero-order valence-electron chi connectivity index (χ0n) is 8.67. The van der Waals surface area contributed by atoms with Crippen molar-refractivity contribution in [2.24, 2.45) is 5.92 Å². The number of thiophene rings is 1. The molecule has 1 aromatic rings. The van der Waals surface area contributed by atoms with Crippen LogP contribution in [0.15, 0.2) is 15.2 Å². The predicted molar refractivity (Wildman–Crippen MR) is 66.1 cm³/mol. The first-order valence-corrected chi connectivity index (χ1v) is 6.20. The molecule has 0 saturated carbocycles. The quantitative estimate of drug-likeness (QED) is 0.662. The molecule has 1 aromatic heterocycles. The summed E-state index contributed by atoms with van der Waals surface area (Å²) in [4.78, 5) is 1.99. The first-order chi connectivity index (χ1) is 6.50. The third kappa shape index (κ3) is 3.10. The van der Waals surface area contributed by atoms with Crippen molar-refractivity contribution >= 4 is 33.1 Å². The lowest BCUT2D eigenvalue weighted by Gasteiger charge is -2.21. The lowest BCUT2D eigenvalue weighted by atomic mass is 10.2. The first kappa shape index (κ1) is 11.7. The van der Waals surface area contributed by atoms with Crippen LogP contribution in [0.1, 0.15) is 19.4 Å². The molecular weight excluding hydrogens is 260 g/mol. The van der Waals surface area contributed by atoms with Crippen LogP contribution in [0.25, 0.3) is 0 Å². The second kappa shape index (κ2) is 4.94. The van der Waals surface area contributed by atoms with Crippen LogP contribution in [-0.4, -0.2) is 17.8 Å². The molecule has 1 N–H and O–H groups in total. The van der Waals surface area contributed by atoms with Crippen LogP contribution in [0.3, 0.4) is 0 Å². The van der Waals surface area contributed by atoms with E-state index in [2.05, 4.69) is 27.4 Å². The van der Waals surface area contributed by atoms with E-state index in [1.807, 2.05) is 25.8 Å². The zero-order chi connectivity index (χ0) is 10.7. The third-order valence-corrected chi connectivity index (χ3v) is 3.55. The maximum Gasteiger partial charge on any atom is 0.0984 e. The Balaban J connectivity index is 2.57. The van der Waals surface area contributed by atoms with E-state index in [0.717, 1.165) is 10.3 Å². The minimum absolute atomic E-state index is 0.294. The average molecular weight is 275 g/mol. The smallest absolute Gasteiger partial charge is 0.0984 e. The lowest BCUT2D eigenvalue weighted by molar-refractivity contribution is 0.469. The number of nitrogens with one attached hydrogen (secondary N) is 1. The van der Waals surface area contributed by atoms with Gasteiger partial charge in [0.25, 0.3) is 0 Å². The summed E-state index contributed by atoms with van der Waals surface area (Å²) in [5.74, 6) is 0.981. The number of nitrogens with zero attached hydrogens (tertiary/aromatic N) is 1. The molecule has 0 unspecified atom stereocenters. The van der Waals surface area contributed by atoms with Crippen molar-refractivity contribution in [2.75, 3.05) is 7.05 Å². The van der Waals surface area contributed by atoms with Gasteiger partial charge in [0.1, 0.15) is 0 Å². The number of rotatable bonds is 3. The Kier molecular flexibility index (Phi) is 4.13. The summed E-state index contributed by atoms with van der Waals surface area (Å²) in [6.07, 6.45) is 0. The molecule has 0 radical (unpaired) electrons. The van der Waals surface area contributed by atoms with Crippen LogP contribution in [0, 0.1) is 11.3 Å². The fourth-order valence-electron chi connectivity index (χ4n) is 1.23. The van der Waals surface area contributed by atoms with Gasteiger partial charge in [-0.2, -0.15) is 0 Å². The van der Waals surface area contributed by atoms with Crippen LogP contribution in [0.4, 0.5) is 0 Å². The van der Waals surface area contributed by atoms with Gasteiger partial charge in [0.15, 0.2) is 0 Å². The van der Waals surface area contributed by atoms with Crippen molar-refractivity contribution < 1.29 is 0 Å². The lowest BCUT2D eigenvalue weighted by Crippen LogP contribution is -2.29. The maximum absolute atomic E-state index is 7.82. The molecule has 78 valence electrons. The van der Waals surface area contributed by atoms with E-state index in [9.17, 15) is 0 Å². The highest BCUT2D eigenvalue weighted by atomic mass is 79.9. The van der Waals surface area contributed by atoms with Crippen molar-refractivity contribution in [1.29, 1.82) is 5.41 Å². The SMILES string of the molecule is CC(C)C(=N)N(C)Cc1csc(Br)c1. The van der Waals surface area contributed by atoms with E-state index >= 15 is 0 Å². The Hall–Kier alpha value is -0.350.